The Hall–Kier alpha value is -1.42. The fourth-order valence-electron chi connectivity index (χ4n) is 2.39. The van der Waals surface area contributed by atoms with Gasteiger partial charge in [-0.15, -0.1) is 0 Å². The molecule has 1 saturated heterocycles. The van der Waals surface area contributed by atoms with E-state index in [1.54, 1.807) is 19.2 Å². The Morgan fingerprint density at radius 3 is 2.90 bits per heavy atom. The standard InChI is InChI=1S/C14H19N3O2S/c1-17(11-13-6-2-3-8-16-13)20(18,19)14-7-4-5-12(9-14)10-15/h4-5,7,9,13,16H,2-3,6,8,11H2,1H3. The van der Waals surface area contributed by atoms with Crippen LogP contribution in [0, 0.1) is 11.3 Å². The van der Waals surface area contributed by atoms with E-state index in [1.807, 2.05) is 6.07 Å². The number of benzene rings is 1. The largest absolute Gasteiger partial charge is 0.313 e. The molecule has 0 saturated carbocycles. The molecule has 1 heterocycles. The molecule has 0 radical (unpaired) electrons. The minimum Gasteiger partial charge on any atom is -0.313 e. The monoisotopic (exact) mass is 293 g/mol. The zero-order chi connectivity index (χ0) is 14.6. The molecule has 1 atom stereocenters. The van der Waals surface area contributed by atoms with Gasteiger partial charge in [-0.2, -0.15) is 9.57 Å². The molecule has 0 aromatic heterocycles. The predicted octanol–water partition coefficient (Wildman–Crippen LogP) is 1.32. The summed E-state index contributed by atoms with van der Waals surface area (Å²) < 4.78 is 26.3. The van der Waals surface area contributed by atoms with Gasteiger partial charge in [0.2, 0.25) is 10.0 Å². The van der Waals surface area contributed by atoms with Gasteiger partial charge in [0.05, 0.1) is 16.5 Å². The van der Waals surface area contributed by atoms with Gasteiger partial charge in [0.25, 0.3) is 0 Å². The van der Waals surface area contributed by atoms with Crippen molar-refractivity contribution in [2.24, 2.45) is 0 Å². The number of nitrogens with one attached hydrogen (secondary N) is 1. The molecule has 0 bridgehead atoms. The van der Waals surface area contributed by atoms with Crippen molar-refractivity contribution in [3.8, 4) is 6.07 Å². The normalized spacial score (nSPS) is 19.8. The third-order valence-electron chi connectivity index (χ3n) is 3.56. The van der Waals surface area contributed by atoms with Gasteiger partial charge in [-0.3, -0.25) is 0 Å². The second-order valence-electron chi connectivity index (χ2n) is 5.07. The second-order valence-corrected chi connectivity index (χ2v) is 7.12. The number of piperidine rings is 1. The van der Waals surface area contributed by atoms with E-state index < -0.39 is 10.0 Å². The maximum atomic E-state index is 12.5. The fourth-order valence-corrected chi connectivity index (χ4v) is 3.66. The second kappa shape index (κ2) is 6.35. The highest BCUT2D eigenvalue weighted by Crippen LogP contribution is 2.17. The van der Waals surface area contributed by atoms with Gasteiger partial charge in [-0.25, -0.2) is 8.42 Å². The van der Waals surface area contributed by atoms with Crippen molar-refractivity contribution < 1.29 is 8.42 Å². The van der Waals surface area contributed by atoms with E-state index >= 15 is 0 Å². The molecule has 0 aliphatic carbocycles. The van der Waals surface area contributed by atoms with Gasteiger partial charge in [-0.1, -0.05) is 12.5 Å². The first-order valence-electron chi connectivity index (χ1n) is 6.74. The number of hydrogen-bond donors (Lipinski definition) is 1. The summed E-state index contributed by atoms with van der Waals surface area (Å²) in [7, 11) is -1.94. The lowest BCUT2D eigenvalue weighted by Gasteiger charge is -2.27. The highest BCUT2D eigenvalue weighted by atomic mass is 32.2. The van der Waals surface area contributed by atoms with Crippen molar-refractivity contribution in [2.45, 2.75) is 30.2 Å². The summed E-state index contributed by atoms with van der Waals surface area (Å²) in [6.45, 7) is 1.40. The molecule has 5 nitrogen and oxygen atoms in total. The molecular formula is C14H19N3O2S. The summed E-state index contributed by atoms with van der Waals surface area (Å²) in [5, 5.41) is 12.2. The van der Waals surface area contributed by atoms with Crippen LogP contribution in [0.2, 0.25) is 0 Å². The van der Waals surface area contributed by atoms with E-state index in [0.29, 0.717) is 12.1 Å². The molecule has 1 N–H and O–H groups in total. The number of rotatable bonds is 4. The molecule has 2 rings (SSSR count). The third-order valence-corrected chi connectivity index (χ3v) is 5.38. The Morgan fingerprint density at radius 2 is 2.25 bits per heavy atom. The fraction of sp³-hybridized carbons (Fsp3) is 0.500. The molecule has 6 heteroatoms. The number of sulfonamides is 1. The molecule has 20 heavy (non-hydrogen) atoms. The van der Waals surface area contributed by atoms with Crippen molar-refractivity contribution in [3.63, 3.8) is 0 Å². The topological polar surface area (TPSA) is 73.2 Å². The molecule has 1 aliphatic rings. The first kappa shape index (κ1) is 15.0. The minimum atomic E-state index is -3.53. The average Bonchev–Trinajstić information content (AvgIpc) is 2.48. The van der Waals surface area contributed by atoms with Gasteiger partial charge >= 0.3 is 0 Å². The lowest BCUT2D eigenvalue weighted by atomic mass is 10.1. The molecule has 1 unspecified atom stereocenters. The maximum Gasteiger partial charge on any atom is 0.242 e. The summed E-state index contributed by atoms with van der Waals surface area (Å²) >= 11 is 0. The van der Waals surface area contributed by atoms with E-state index in [2.05, 4.69) is 5.32 Å². The van der Waals surface area contributed by atoms with Crippen LogP contribution < -0.4 is 5.32 Å². The predicted molar refractivity (Wildman–Crippen MR) is 76.6 cm³/mol. The Kier molecular flexibility index (Phi) is 4.76. The third kappa shape index (κ3) is 3.37. The van der Waals surface area contributed by atoms with Gasteiger partial charge in [0, 0.05) is 19.6 Å². The quantitative estimate of drug-likeness (QED) is 0.908. The van der Waals surface area contributed by atoms with Crippen LogP contribution in [0.3, 0.4) is 0 Å². The zero-order valence-corrected chi connectivity index (χ0v) is 12.4. The average molecular weight is 293 g/mol. The van der Waals surface area contributed by atoms with Gasteiger partial charge in [-0.05, 0) is 37.6 Å². The number of hydrogen-bond acceptors (Lipinski definition) is 4. The lowest BCUT2D eigenvalue weighted by Crippen LogP contribution is -2.44. The minimum absolute atomic E-state index is 0.176. The van der Waals surface area contributed by atoms with Crippen LogP contribution in [0.15, 0.2) is 29.2 Å². The summed E-state index contributed by atoms with van der Waals surface area (Å²) in [5.74, 6) is 0. The number of likely N-dealkylation sites (N-methyl/N-ethyl adjacent to an activating group) is 1. The van der Waals surface area contributed by atoms with E-state index in [1.165, 1.54) is 16.4 Å². The van der Waals surface area contributed by atoms with Crippen molar-refractivity contribution >= 4 is 10.0 Å². The highest BCUT2D eigenvalue weighted by molar-refractivity contribution is 7.89. The zero-order valence-electron chi connectivity index (χ0n) is 11.5. The van der Waals surface area contributed by atoms with Crippen LogP contribution in [-0.4, -0.2) is 38.9 Å². The summed E-state index contributed by atoms with van der Waals surface area (Å²) in [6.07, 6.45) is 3.28. The van der Waals surface area contributed by atoms with Crippen LogP contribution in [0.4, 0.5) is 0 Å². The van der Waals surface area contributed by atoms with Crippen LogP contribution in [0.1, 0.15) is 24.8 Å². The van der Waals surface area contributed by atoms with Crippen LogP contribution in [0.25, 0.3) is 0 Å². The van der Waals surface area contributed by atoms with Crippen molar-refractivity contribution in [2.75, 3.05) is 20.1 Å². The molecule has 0 spiro atoms. The Balaban J connectivity index is 2.14. The van der Waals surface area contributed by atoms with Gasteiger partial charge < -0.3 is 5.32 Å². The smallest absolute Gasteiger partial charge is 0.242 e. The SMILES string of the molecule is CN(CC1CCCCN1)S(=O)(=O)c1cccc(C#N)c1. The first-order valence-corrected chi connectivity index (χ1v) is 8.18. The van der Waals surface area contributed by atoms with Crippen LogP contribution in [0.5, 0.6) is 0 Å². The maximum absolute atomic E-state index is 12.5. The summed E-state index contributed by atoms with van der Waals surface area (Å²) in [6, 6.07) is 8.32. The highest BCUT2D eigenvalue weighted by Gasteiger charge is 2.24. The molecule has 1 aliphatic heterocycles. The van der Waals surface area contributed by atoms with Gasteiger partial charge in [0.1, 0.15) is 0 Å². The molecular weight excluding hydrogens is 274 g/mol. The number of nitrogens with zero attached hydrogens (tertiary/aromatic N) is 2. The van der Waals surface area contributed by atoms with Gasteiger partial charge in [0.15, 0.2) is 0 Å². The van der Waals surface area contributed by atoms with Crippen molar-refractivity contribution in [3.05, 3.63) is 29.8 Å². The molecule has 1 fully saturated rings. The summed E-state index contributed by atoms with van der Waals surface area (Å²) in [5.41, 5.74) is 0.357. The molecule has 1 aromatic carbocycles. The summed E-state index contributed by atoms with van der Waals surface area (Å²) in [4.78, 5) is 0.176. The van der Waals surface area contributed by atoms with E-state index in [9.17, 15) is 8.42 Å². The van der Waals surface area contributed by atoms with Crippen molar-refractivity contribution in [1.29, 1.82) is 5.26 Å². The van der Waals surface area contributed by atoms with Crippen LogP contribution in [-0.2, 0) is 10.0 Å². The molecule has 0 amide bonds. The molecule has 108 valence electrons. The van der Waals surface area contributed by atoms with E-state index in [0.717, 1.165) is 25.8 Å². The van der Waals surface area contributed by atoms with E-state index in [-0.39, 0.29) is 10.9 Å². The lowest BCUT2D eigenvalue weighted by molar-refractivity contribution is 0.337. The Morgan fingerprint density at radius 1 is 1.45 bits per heavy atom. The molecule has 1 aromatic rings. The Labute approximate surface area is 120 Å². The number of nitriles is 1. The van der Waals surface area contributed by atoms with Crippen molar-refractivity contribution in [1.82, 2.24) is 9.62 Å². The van der Waals surface area contributed by atoms with E-state index in [4.69, 9.17) is 5.26 Å². The Bertz CT molecular complexity index is 601. The van der Waals surface area contributed by atoms with Crippen LogP contribution >= 0.6 is 0 Å². The first-order chi connectivity index (χ1) is 9.54.